The van der Waals surface area contributed by atoms with Crippen molar-refractivity contribution in [3.63, 3.8) is 0 Å². The molecular formula is C47H41N. The van der Waals surface area contributed by atoms with E-state index in [-0.39, 0.29) is 0 Å². The third kappa shape index (κ3) is 5.96. The van der Waals surface area contributed by atoms with Crippen LogP contribution in [0.2, 0.25) is 0 Å². The van der Waals surface area contributed by atoms with Crippen molar-refractivity contribution in [1.29, 1.82) is 0 Å². The van der Waals surface area contributed by atoms with E-state index in [9.17, 15) is 0 Å². The van der Waals surface area contributed by atoms with E-state index in [1.54, 1.807) is 0 Å². The van der Waals surface area contributed by atoms with E-state index in [2.05, 4.69) is 181 Å². The van der Waals surface area contributed by atoms with Crippen LogP contribution in [0.25, 0.3) is 66.6 Å². The fourth-order valence-corrected chi connectivity index (χ4v) is 6.95. The standard InChI is InChI=1S/C45H35N.C2H6/c1-2-41-37(17-11-12-32-20-21-36-22-23-38(31-39(36)30-32)34-15-7-4-8-16-34)26-29-44-45(41)42-18-9-10-19-43(42)46(44)40-27-24-35(25-28-40)33-13-5-3-6-14-33;1-2/h3-11,13-31H,2,12H2,1H3;1-2H3/b17-11-;. The van der Waals surface area contributed by atoms with Crippen molar-refractivity contribution >= 4 is 38.7 Å². The van der Waals surface area contributed by atoms with Gasteiger partial charge in [0, 0.05) is 16.5 Å². The van der Waals surface area contributed by atoms with Crippen LogP contribution in [0.1, 0.15) is 37.5 Å². The van der Waals surface area contributed by atoms with Crippen molar-refractivity contribution in [1.82, 2.24) is 4.57 Å². The lowest BCUT2D eigenvalue weighted by atomic mass is 9.97. The number of aryl methyl sites for hydroxylation is 1. The van der Waals surface area contributed by atoms with E-state index in [4.69, 9.17) is 0 Å². The van der Waals surface area contributed by atoms with Crippen LogP contribution in [0.3, 0.4) is 0 Å². The SMILES string of the molecule is CC.CCc1c(/C=C\Cc2ccc3ccc(-c4ccccc4)cc3c2)ccc2c1c1ccccc1n2-c1ccc(-c2ccccc2)cc1. The summed E-state index contributed by atoms with van der Waals surface area (Å²) in [4.78, 5) is 0. The molecule has 0 atom stereocenters. The molecule has 0 aliphatic heterocycles. The van der Waals surface area contributed by atoms with Crippen molar-refractivity contribution in [2.75, 3.05) is 0 Å². The summed E-state index contributed by atoms with van der Waals surface area (Å²) in [5, 5.41) is 5.22. The first kappa shape index (κ1) is 31.0. The topological polar surface area (TPSA) is 4.93 Å². The minimum atomic E-state index is 0.891. The second-order valence-electron chi connectivity index (χ2n) is 12.0. The molecule has 0 N–H and O–H groups in total. The van der Waals surface area contributed by atoms with Gasteiger partial charge in [-0.05, 0) is 92.9 Å². The zero-order valence-corrected chi connectivity index (χ0v) is 28.0. The Morgan fingerprint density at radius 1 is 0.521 bits per heavy atom. The molecule has 234 valence electrons. The highest BCUT2D eigenvalue weighted by molar-refractivity contribution is 6.11. The van der Waals surface area contributed by atoms with Gasteiger partial charge in [0.1, 0.15) is 0 Å². The van der Waals surface area contributed by atoms with Crippen LogP contribution in [-0.4, -0.2) is 4.57 Å². The molecule has 1 aromatic heterocycles. The fraction of sp³-hybridized carbons (Fsp3) is 0.106. The van der Waals surface area contributed by atoms with Crippen LogP contribution < -0.4 is 0 Å². The molecule has 0 unspecified atom stereocenters. The average molecular weight is 620 g/mol. The van der Waals surface area contributed by atoms with Gasteiger partial charge in [-0.3, -0.25) is 0 Å². The third-order valence-corrected chi connectivity index (χ3v) is 9.23. The molecule has 8 aromatic rings. The molecule has 0 aliphatic carbocycles. The monoisotopic (exact) mass is 619 g/mol. The summed E-state index contributed by atoms with van der Waals surface area (Å²) in [6.45, 7) is 6.28. The number of nitrogens with zero attached hydrogens (tertiary/aromatic N) is 1. The van der Waals surface area contributed by atoms with E-state index < -0.39 is 0 Å². The highest BCUT2D eigenvalue weighted by atomic mass is 15.0. The number of rotatable bonds is 7. The number of aromatic nitrogens is 1. The smallest absolute Gasteiger partial charge is 0.0544 e. The minimum Gasteiger partial charge on any atom is -0.309 e. The maximum atomic E-state index is 2.42. The summed E-state index contributed by atoms with van der Waals surface area (Å²) in [5.41, 5.74) is 12.7. The molecule has 0 bridgehead atoms. The fourth-order valence-electron chi connectivity index (χ4n) is 6.95. The predicted molar refractivity (Wildman–Crippen MR) is 209 cm³/mol. The lowest BCUT2D eigenvalue weighted by Crippen LogP contribution is -1.95. The van der Waals surface area contributed by atoms with Crippen LogP contribution >= 0.6 is 0 Å². The Kier molecular flexibility index (Phi) is 9.03. The van der Waals surface area contributed by atoms with Gasteiger partial charge in [0.15, 0.2) is 0 Å². The van der Waals surface area contributed by atoms with E-state index in [1.807, 2.05) is 13.8 Å². The lowest BCUT2D eigenvalue weighted by molar-refractivity contribution is 1.14. The molecule has 0 fully saturated rings. The van der Waals surface area contributed by atoms with Crippen molar-refractivity contribution in [3.05, 3.63) is 180 Å². The Bertz CT molecular complexity index is 2340. The van der Waals surface area contributed by atoms with Crippen LogP contribution in [0.15, 0.2) is 164 Å². The first-order chi connectivity index (χ1) is 23.8. The van der Waals surface area contributed by atoms with Crippen LogP contribution in [0, 0.1) is 0 Å². The van der Waals surface area contributed by atoms with Crippen LogP contribution in [-0.2, 0) is 12.8 Å². The molecule has 0 radical (unpaired) electrons. The molecule has 8 rings (SSSR count). The molecule has 0 spiro atoms. The average Bonchev–Trinajstić information content (AvgIpc) is 3.50. The molecule has 1 heteroatoms. The number of benzene rings is 7. The second-order valence-corrected chi connectivity index (χ2v) is 12.0. The maximum Gasteiger partial charge on any atom is 0.0544 e. The third-order valence-electron chi connectivity index (χ3n) is 9.23. The molecule has 0 saturated heterocycles. The molecule has 7 aromatic carbocycles. The van der Waals surface area contributed by atoms with E-state index in [0.29, 0.717) is 0 Å². The van der Waals surface area contributed by atoms with E-state index in [1.165, 1.54) is 77.2 Å². The number of hydrogen-bond donors (Lipinski definition) is 0. The summed E-state index contributed by atoms with van der Waals surface area (Å²) in [6, 6.07) is 57.2. The summed E-state index contributed by atoms with van der Waals surface area (Å²) in [5.74, 6) is 0. The predicted octanol–water partition coefficient (Wildman–Crippen LogP) is 13.1. The summed E-state index contributed by atoms with van der Waals surface area (Å²) < 4.78 is 2.42. The molecule has 0 aliphatic rings. The van der Waals surface area contributed by atoms with Gasteiger partial charge in [-0.2, -0.15) is 0 Å². The summed E-state index contributed by atoms with van der Waals surface area (Å²) in [6.07, 6.45) is 6.51. The minimum absolute atomic E-state index is 0.891. The first-order valence-corrected chi connectivity index (χ1v) is 17.2. The molecule has 1 heterocycles. The zero-order valence-electron chi connectivity index (χ0n) is 28.0. The lowest BCUT2D eigenvalue weighted by Gasteiger charge is -2.11. The Morgan fingerprint density at radius 3 is 1.88 bits per heavy atom. The number of fused-ring (bicyclic) bond motifs is 4. The Balaban J connectivity index is 0.00000179. The van der Waals surface area contributed by atoms with Gasteiger partial charge in [0.25, 0.3) is 0 Å². The van der Waals surface area contributed by atoms with Gasteiger partial charge in [-0.15, -0.1) is 0 Å². The maximum absolute atomic E-state index is 2.42. The van der Waals surface area contributed by atoms with Crippen LogP contribution in [0.4, 0.5) is 0 Å². The van der Waals surface area contributed by atoms with Gasteiger partial charge in [-0.1, -0.05) is 160 Å². The quantitative estimate of drug-likeness (QED) is 0.167. The molecule has 1 nitrogen and oxygen atoms in total. The summed E-state index contributed by atoms with van der Waals surface area (Å²) >= 11 is 0. The Morgan fingerprint density at radius 2 is 1.15 bits per heavy atom. The molecular weight excluding hydrogens is 579 g/mol. The highest BCUT2D eigenvalue weighted by Gasteiger charge is 2.16. The van der Waals surface area contributed by atoms with Gasteiger partial charge >= 0.3 is 0 Å². The van der Waals surface area contributed by atoms with Crippen molar-refractivity contribution in [2.24, 2.45) is 0 Å². The van der Waals surface area contributed by atoms with Gasteiger partial charge in [0.2, 0.25) is 0 Å². The van der Waals surface area contributed by atoms with Gasteiger partial charge in [-0.25, -0.2) is 0 Å². The molecule has 48 heavy (non-hydrogen) atoms. The first-order valence-electron chi connectivity index (χ1n) is 17.2. The van der Waals surface area contributed by atoms with Crippen LogP contribution in [0.5, 0.6) is 0 Å². The zero-order chi connectivity index (χ0) is 32.9. The Hall–Kier alpha value is -5.66. The van der Waals surface area contributed by atoms with Crippen molar-refractivity contribution in [3.8, 4) is 27.9 Å². The van der Waals surface area contributed by atoms with Crippen molar-refractivity contribution in [2.45, 2.75) is 33.6 Å². The normalized spacial score (nSPS) is 11.3. The van der Waals surface area contributed by atoms with Crippen molar-refractivity contribution < 1.29 is 0 Å². The number of allylic oxidation sites excluding steroid dienone is 1. The highest BCUT2D eigenvalue weighted by Crippen LogP contribution is 2.37. The molecule has 0 amide bonds. The van der Waals surface area contributed by atoms with Gasteiger partial charge in [0.05, 0.1) is 11.0 Å². The molecule has 0 saturated carbocycles. The van der Waals surface area contributed by atoms with E-state index >= 15 is 0 Å². The largest absolute Gasteiger partial charge is 0.309 e. The van der Waals surface area contributed by atoms with Gasteiger partial charge < -0.3 is 4.57 Å². The summed E-state index contributed by atoms with van der Waals surface area (Å²) in [7, 11) is 0. The number of para-hydroxylation sites is 1. The van der Waals surface area contributed by atoms with E-state index in [0.717, 1.165) is 12.8 Å². The Labute approximate surface area is 284 Å². The number of hydrogen-bond acceptors (Lipinski definition) is 0. The second kappa shape index (κ2) is 14.0.